The Hall–Kier alpha value is -1.11. The molecule has 0 aliphatic rings. The minimum atomic E-state index is -7.99. The van der Waals surface area contributed by atoms with Crippen LogP contribution in [0.1, 0.15) is 53.4 Å². The fourth-order valence-electron chi connectivity index (χ4n) is 3.11. The number of rotatable bonds is 14. The topological polar surface area (TPSA) is 57.2 Å². The summed E-state index contributed by atoms with van der Waals surface area (Å²) in [6.07, 6.45) is -15.6. The van der Waals surface area contributed by atoms with Gasteiger partial charge in [0.05, 0.1) is 26.2 Å². The normalized spacial score (nSPS) is 15.7. The molecule has 0 aromatic carbocycles. The van der Waals surface area contributed by atoms with Crippen LogP contribution in [0.3, 0.4) is 0 Å². The monoisotopic (exact) mass is 617 g/mol. The van der Waals surface area contributed by atoms with Gasteiger partial charge in [0.1, 0.15) is 0 Å². The zero-order valence-electron chi connectivity index (χ0n) is 20.6. The van der Waals surface area contributed by atoms with E-state index in [1.54, 1.807) is 0 Å². The van der Waals surface area contributed by atoms with Crippen molar-refractivity contribution in [3.05, 3.63) is 0 Å². The van der Waals surface area contributed by atoms with Crippen LogP contribution in [0.25, 0.3) is 0 Å². The summed E-state index contributed by atoms with van der Waals surface area (Å²) in [5, 5.41) is -7.51. The molecule has 0 aliphatic carbocycles. The first kappa shape index (κ1) is 39.0. The number of nitrogens with zero attached hydrogens (tertiary/aromatic N) is 1. The summed E-state index contributed by atoms with van der Waals surface area (Å²) in [6.45, 7) is 14.2. The number of hydrogen-bond acceptors (Lipinski definition) is 3. The van der Waals surface area contributed by atoms with E-state index >= 15 is 0 Å². The van der Waals surface area contributed by atoms with Crippen LogP contribution in [-0.2, 0) is 10.1 Å². The molecule has 0 rings (SSSR count). The largest absolute Gasteiger partial charge is 0.743 e. The number of alkyl halides is 14. The van der Waals surface area contributed by atoms with Crippen molar-refractivity contribution in [1.29, 1.82) is 0 Å². The lowest BCUT2D eigenvalue weighted by molar-refractivity contribution is -0.921. The van der Waals surface area contributed by atoms with Crippen molar-refractivity contribution < 1.29 is 78.9 Å². The van der Waals surface area contributed by atoms with Crippen LogP contribution in [0, 0.1) is 0 Å². The average Bonchev–Trinajstić information content (AvgIpc) is 2.77. The molecule has 0 bridgehead atoms. The first-order valence-electron chi connectivity index (χ1n) is 11.0. The van der Waals surface area contributed by atoms with E-state index in [4.69, 9.17) is 0 Å². The molecule has 19 heteroatoms. The minimum absolute atomic E-state index is 1.16. The Labute approximate surface area is 210 Å². The van der Waals surface area contributed by atoms with Crippen LogP contribution >= 0.6 is 0 Å². The molecule has 0 radical (unpaired) electrons. The van der Waals surface area contributed by atoms with Crippen molar-refractivity contribution >= 4 is 10.1 Å². The van der Waals surface area contributed by atoms with Gasteiger partial charge in [0.15, 0.2) is 16.3 Å². The highest BCUT2D eigenvalue weighted by Crippen LogP contribution is 2.59. The first-order valence-corrected chi connectivity index (χ1v) is 12.4. The van der Waals surface area contributed by atoms with Crippen LogP contribution < -0.4 is 0 Å². The average molecular weight is 617 g/mol. The Morgan fingerprint density at radius 2 is 1.03 bits per heavy atom. The predicted octanol–water partition coefficient (Wildman–Crippen LogP) is 7.01. The minimum Gasteiger partial charge on any atom is -0.743 e. The Morgan fingerprint density at radius 3 is 1.29 bits per heavy atom. The molecule has 1 atom stereocenters. The van der Waals surface area contributed by atoms with Gasteiger partial charge in [-0.25, -0.2) is 12.8 Å². The third kappa shape index (κ3) is 8.20. The fourth-order valence-corrected chi connectivity index (χ4v) is 3.56. The highest BCUT2D eigenvalue weighted by Gasteiger charge is 2.88. The molecule has 0 amide bonds. The van der Waals surface area contributed by atoms with E-state index in [0.29, 0.717) is 0 Å². The summed E-state index contributed by atoms with van der Waals surface area (Å²) in [7, 11) is -7.79. The Bertz CT molecular complexity index is 810. The molecule has 0 fully saturated rings. The summed E-state index contributed by atoms with van der Waals surface area (Å²) >= 11 is 0. The smallest absolute Gasteiger partial charge is 0.402 e. The van der Waals surface area contributed by atoms with Gasteiger partial charge in [0, 0.05) is 6.42 Å². The summed E-state index contributed by atoms with van der Waals surface area (Å²) in [6, 6.07) is 0. The molecule has 0 spiro atoms. The van der Waals surface area contributed by atoms with Gasteiger partial charge >= 0.3 is 35.1 Å². The van der Waals surface area contributed by atoms with Crippen LogP contribution in [0.2, 0.25) is 0 Å². The maximum absolute atomic E-state index is 13.3. The lowest BCUT2D eigenvalue weighted by atomic mass is 9.93. The second kappa shape index (κ2) is 13.0. The first-order chi connectivity index (χ1) is 16.6. The quantitative estimate of drug-likeness (QED) is 0.0913. The Kier molecular flexibility index (Phi) is 13.4. The molecule has 0 saturated carbocycles. The number of quaternary nitrogens is 1. The van der Waals surface area contributed by atoms with Crippen LogP contribution in [0.4, 0.5) is 61.5 Å². The van der Waals surface area contributed by atoms with Crippen molar-refractivity contribution in [1.82, 2.24) is 0 Å². The van der Waals surface area contributed by atoms with Gasteiger partial charge in [0.25, 0.3) is 0 Å². The van der Waals surface area contributed by atoms with Gasteiger partial charge in [-0.3, -0.25) is 0 Å². The number of hydrogen-bond donors (Lipinski definition) is 0. The lowest BCUT2D eigenvalue weighted by Crippen LogP contribution is -2.70. The molecule has 0 aliphatic heterocycles. The number of unbranched alkanes of at least 4 members (excludes halogenated alkanes) is 1. The van der Waals surface area contributed by atoms with Gasteiger partial charge in [-0.1, -0.05) is 0 Å². The molecule has 38 heavy (non-hydrogen) atoms. The highest BCUT2D eigenvalue weighted by atomic mass is 32.2. The van der Waals surface area contributed by atoms with Gasteiger partial charge in [0.2, 0.25) is 0 Å². The van der Waals surface area contributed by atoms with Crippen LogP contribution in [-0.4, -0.2) is 84.9 Å². The molecule has 0 aromatic rings. The van der Waals surface area contributed by atoms with E-state index in [-0.39, 0.29) is 0 Å². The van der Waals surface area contributed by atoms with Gasteiger partial charge in [-0.05, 0) is 47.0 Å². The van der Waals surface area contributed by atoms with Gasteiger partial charge < -0.3 is 9.04 Å². The third-order valence-corrected chi connectivity index (χ3v) is 7.02. The fraction of sp³-hybridized carbons (Fsp3) is 1.00. The molecule has 0 N–H and O–H groups in total. The maximum Gasteiger partial charge on any atom is 0.402 e. The zero-order chi connectivity index (χ0) is 31.2. The molecular weight excluding hydrogens is 588 g/mol. The van der Waals surface area contributed by atoms with Crippen molar-refractivity contribution in [3.8, 4) is 0 Å². The SMILES string of the molecule is CC[N+](CC)(CC)CC.O=S(=O)([O-])C(F)(F)C(F)(F)C(F)(F)C(F)(F)C(F)(F)C(F)CCCCC(F)(F)F. The van der Waals surface area contributed by atoms with Crippen LogP contribution in [0.5, 0.6) is 0 Å². The lowest BCUT2D eigenvalue weighted by Gasteiger charge is -2.40. The van der Waals surface area contributed by atoms with E-state index in [9.17, 15) is 74.4 Å². The molecule has 4 nitrogen and oxygen atoms in total. The van der Waals surface area contributed by atoms with Crippen molar-refractivity contribution in [3.63, 3.8) is 0 Å². The zero-order valence-corrected chi connectivity index (χ0v) is 21.4. The van der Waals surface area contributed by atoms with E-state index in [1.165, 1.54) is 30.7 Å². The maximum atomic E-state index is 13.3. The molecule has 1 unspecified atom stereocenters. The molecular formula is C19H29F14NO3S. The Balaban J connectivity index is 0. The van der Waals surface area contributed by atoms with E-state index in [0.717, 1.165) is 0 Å². The summed E-state index contributed by atoms with van der Waals surface area (Å²) in [5.74, 6) is -30.5. The summed E-state index contributed by atoms with van der Waals surface area (Å²) in [4.78, 5) is 0. The van der Waals surface area contributed by atoms with Gasteiger partial charge in [-0.15, -0.1) is 0 Å². The van der Waals surface area contributed by atoms with E-state index in [1.807, 2.05) is 0 Å². The van der Waals surface area contributed by atoms with Crippen molar-refractivity contribution in [2.24, 2.45) is 0 Å². The number of halogens is 14. The molecule has 232 valence electrons. The highest BCUT2D eigenvalue weighted by molar-refractivity contribution is 7.86. The molecule has 0 saturated heterocycles. The second-order valence-electron chi connectivity index (χ2n) is 8.25. The van der Waals surface area contributed by atoms with E-state index in [2.05, 4.69) is 27.7 Å². The Morgan fingerprint density at radius 1 is 0.658 bits per heavy atom. The van der Waals surface area contributed by atoms with Crippen molar-refractivity contribution in [2.45, 2.75) is 94.7 Å². The van der Waals surface area contributed by atoms with Crippen LogP contribution in [0.15, 0.2) is 0 Å². The summed E-state index contributed by atoms with van der Waals surface area (Å²) < 4.78 is 211. The van der Waals surface area contributed by atoms with Gasteiger partial charge in [-0.2, -0.15) is 57.1 Å². The third-order valence-electron chi connectivity index (χ3n) is 6.13. The molecule has 0 heterocycles. The predicted molar refractivity (Wildman–Crippen MR) is 106 cm³/mol. The standard InChI is InChI=1S/C11H10F14O3S.C8H20N/c12-5(3-1-2-4-6(13,14)15)7(16,17)8(18,19)9(20,21)10(22,23)11(24,25)29(26,27)28;1-5-9(6-2,7-3)8-4/h5H,1-4H2,(H,26,27,28);5-8H2,1-4H3/q;+1/p-1. The summed E-state index contributed by atoms with van der Waals surface area (Å²) in [5.41, 5.74) is 0. The molecule has 0 aromatic heterocycles. The van der Waals surface area contributed by atoms with E-state index < -0.39 is 77.1 Å². The van der Waals surface area contributed by atoms with Crippen molar-refractivity contribution in [2.75, 3.05) is 26.2 Å². The second-order valence-corrected chi connectivity index (χ2v) is 9.67.